The van der Waals surface area contributed by atoms with E-state index in [4.69, 9.17) is 0 Å². The summed E-state index contributed by atoms with van der Waals surface area (Å²) < 4.78 is 46.2. The molecule has 12 nitrogen and oxygen atoms in total. The van der Waals surface area contributed by atoms with Gasteiger partial charge in [0.15, 0.2) is 0 Å². The molecule has 1 N–H and O–H groups in total. The first kappa shape index (κ1) is 42.4. The minimum Gasteiger partial charge on any atom is -0.331 e. The molecule has 4 amide bonds. The molecule has 2 saturated heterocycles. The van der Waals surface area contributed by atoms with Gasteiger partial charge in [-0.15, -0.1) is 0 Å². The first-order chi connectivity index (χ1) is 26.3. The van der Waals surface area contributed by atoms with Crippen LogP contribution in [0.25, 0.3) is 0 Å². The molecule has 310 valence electrons. The van der Waals surface area contributed by atoms with E-state index in [1.165, 1.54) is 36.5 Å². The molecule has 0 radical (unpaired) electrons. The zero-order valence-corrected chi connectivity index (χ0v) is 36.0. The van der Waals surface area contributed by atoms with Gasteiger partial charge >= 0.3 is 12.1 Å². The highest BCUT2D eigenvalue weighted by atomic mass is 32.2. The van der Waals surface area contributed by atoms with E-state index in [0.717, 1.165) is 57.9 Å². The standard InChI is InChI=1S/C23H35N3O3S.C19H29N3O3S/c1-24(2)23(20-7-5-4-6-8-20)13-11-22(12-14-23)18-25(15-16-30(3,28)29)21(27)26(22)17-19-9-10-19;1-21(2)19(16-7-5-4-6-8-16)11-9-18(10-12-19)15-22(17(23)20-18)13-14-26(3,24)25/h4-8,19H,9-18H2,1-3H3;4-8H,9-15H2,1-3H3,(H,20,23). The number of carbonyl (C=O) groups excluding carboxylic acids is 2. The largest absolute Gasteiger partial charge is 0.331 e. The number of urea groups is 2. The quantitative estimate of drug-likeness (QED) is 0.325. The molecule has 3 saturated carbocycles. The molecule has 2 aliphatic heterocycles. The molecule has 14 heteroatoms. The minimum absolute atomic E-state index is 0.0129. The van der Waals surface area contributed by atoms with E-state index in [1.54, 1.807) is 9.80 Å². The summed E-state index contributed by atoms with van der Waals surface area (Å²) in [6.45, 7) is 2.66. The van der Waals surface area contributed by atoms with Gasteiger partial charge in [-0.05, 0) is 109 Å². The van der Waals surface area contributed by atoms with Gasteiger partial charge < -0.3 is 20.0 Å². The number of nitrogens with one attached hydrogen (secondary N) is 1. The monoisotopic (exact) mass is 812 g/mol. The van der Waals surface area contributed by atoms with Crippen LogP contribution in [0.4, 0.5) is 9.59 Å². The molecule has 0 unspecified atom stereocenters. The molecule has 2 aromatic rings. The third-order valence-electron chi connectivity index (χ3n) is 13.7. The van der Waals surface area contributed by atoms with Crippen molar-refractivity contribution in [1.82, 2.24) is 29.8 Å². The van der Waals surface area contributed by atoms with E-state index >= 15 is 0 Å². The summed E-state index contributed by atoms with van der Waals surface area (Å²) in [6.07, 6.45) is 12.5. The number of rotatable bonds is 12. The summed E-state index contributed by atoms with van der Waals surface area (Å²) >= 11 is 0. The van der Waals surface area contributed by atoms with Crippen LogP contribution < -0.4 is 5.32 Å². The van der Waals surface area contributed by atoms with Gasteiger partial charge in [-0.1, -0.05) is 60.7 Å². The van der Waals surface area contributed by atoms with Crippen molar-refractivity contribution in [2.45, 2.75) is 86.4 Å². The molecular formula is C42H64N6O6S2. The van der Waals surface area contributed by atoms with Gasteiger partial charge in [-0.3, -0.25) is 9.80 Å². The van der Waals surface area contributed by atoms with Crippen LogP contribution in [0.5, 0.6) is 0 Å². The Hall–Kier alpha value is -3.20. The van der Waals surface area contributed by atoms with Gasteiger partial charge in [0.05, 0.1) is 22.6 Å². The lowest BCUT2D eigenvalue weighted by molar-refractivity contribution is 0.0234. The Morgan fingerprint density at radius 2 is 1.09 bits per heavy atom. The van der Waals surface area contributed by atoms with Crippen molar-refractivity contribution in [2.75, 3.05) is 84.9 Å². The SMILES string of the molecule is CN(C)C1(c2ccccc2)CCC2(CC1)CN(CCS(C)(=O)=O)C(=O)N2.CN(C)C1(c2ccccc2)CCC2(CC1)CN(CCS(C)(=O)=O)C(=O)N2CC1CC1. The Bertz CT molecular complexity index is 1900. The summed E-state index contributed by atoms with van der Waals surface area (Å²) in [4.78, 5) is 35.8. The summed E-state index contributed by atoms with van der Waals surface area (Å²) in [5.41, 5.74) is 2.24. The fourth-order valence-electron chi connectivity index (χ4n) is 9.87. The lowest BCUT2D eigenvalue weighted by atomic mass is 9.68. The maximum absolute atomic E-state index is 13.3. The number of benzene rings is 2. The van der Waals surface area contributed by atoms with Crippen molar-refractivity contribution in [1.29, 1.82) is 0 Å². The molecule has 0 aromatic heterocycles. The highest BCUT2D eigenvalue weighted by molar-refractivity contribution is 7.90. The minimum atomic E-state index is -3.09. The third kappa shape index (κ3) is 9.23. The summed E-state index contributed by atoms with van der Waals surface area (Å²) in [5, 5.41) is 3.16. The Balaban J connectivity index is 0.000000192. The summed E-state index contributed by atoms with van der Waals surface area (Å²) in [6, 6.07) is 21.2. The maximum atomic E-state index is 13.3. The van der Waals surface area contributed by atoms with Crippen LogP contribution in [0.3, 0.4) is 0 Å². The molecule has 2 heterocycles. The highest BCUT2D eigenvalue weighted by Gasteiger charge is 2.55. The predicted molar refractivity (Wildman–Crippen MR) is 222 cm³/mol. The van der Waals surface area contributed by atoms with Gasteiger partial charge in [-0.25, -0.2) is 26.4 Å². The zero-order chi connectivity index (χ0) is 40.6. The van der Waals surface area contributed by atoms with Gasteiger partial charge in [0.1, 0.15) is 19.7 Å². The number of carbonyl (C=O) groups is 2. The van der Waals surface area contributed by atoms with E-state index in [2.05, 4.69) is 103 Å². The zero-order valence-electron chi connectivity index (χ0n) is 34.4. The van der Waals surface area contributed by atoms with Crippen molar-refractivity contribution in [2.24, 2.45) is 5.92 Å². The number of hydrogen-bond donors (Lipinski definition) is 1. The van der Waals surface area contributed by atoms with E-state index in [9.17, 15) is 26.4 Å². The number of nitrogens with zero attached hydrogens (tertiary/aromatic N) is 5. The number of sulfone groups is 2. The first-order valence-electron chi connectivity index (χ1n) is 20.3. The van der Waals surface area contributed by atoms with Crippen LogP contribution in [-0.2, 0) is 30.8 Å². The molecule has 5 aliphatic rings. The van der Waals surface area contributed by atoms with Gasteiger partial charge in [-0.2, -0.15) is 0 Å². The van der Waals surface area contributed by atoms with Crippen LogP contribution in [0.1, 0.15) is 75.3 Å². The van der Waals surface area contributed by atoms with Gasteiger partial charge in [0.2, 0.25) is 0 Å². The normalized spacial score (nSPS) is 29.7. The average molecular weight is 813 g/mol. The van der Waals surface area contributed by atoms with Crippen molar-refractivity contribution >= 4 is 31.7 Å². The highest BCUT2D eigenvalue weighted by Crippen LogP contribution is 2.50. The lowest BCUT2D eigenvalue weighted by Crippen LogP contribution is -2.55. The second-order valence-corrected chi connectivity index (χ2v) is 22.5. The summed E-state index contributed by atoms with van der Waals surface area (Å²) in [5.74, 6) is 0.676. The van der Waals surface area contributed by atoms with Gasteiger partial charge in [0.25, 0.3) is 0 Å². The van der Waals surface area contributed by atoms with E-state index in [-0.39, 0.29) is 52.3 Å². The molecule has 56 heavy (non-hydrogen) atoms. The number of hydrogen-bond acceptors (Lipinski definition) is 8. The molecule has 2 aromatic carbocycles. The maximum Gasteiger partial charge on any atom is 0.320 e. The Kier molecular flexibility index (Phi) is 12.3. The average Bonchev–Trinajstić information content (AvgIpc) is 3.88. The molecule has 7 rings (SSSR count). The fourth-order valence-corrected chi connectivity index (χ4v) is 11.0. The van der Waals surface area contributed by atoms with Crippen LogP contribution in [0.15, 0.2) is 60.7 Å². The van der Waals surface area contributed by atoms with Crippen LogP contribution in [0, 0.1) is 5.92 Å². The first-order valence-corrected chi connectivity index (χ1v) is 24.4. The van der Waals surface area contributed by atoms with Crippen molar-refractivity contribution in [3.8, 4) is 0 Å². The summed E-state index contributed by atoms with van der Waals surface area (Å²) in [7, 11) is 2.40. The van der Waals surface area contributed by atoms with Crippen molar-refractivity contribution in [3.05, 3.63) is 71.8 Å². The third-order valence-corrected chi connectivity index (χ3v) is 15.5. The van der Waals surface area contributed by atoms with Crippen molar-refractivity contribution < 1.29 is 26.4 Å². The molecule has 2 spiro atoms. The van der Waals surface area contributed by atoms with Crippen LogP contribution in [0.2, 0.25) is 0 Å². The lowest BCUT2D eigenvalue weighted by Gasteiger charge is -2.51. The second kappa shape index (κ2) is 16.2. The van der Waals surface area contributed by atoms with E-state index < -0.39 is 19.7 Å². The molecule has 5 fully saturated rings. The Morgan fingerprint density at radius 3 is 1.52 bits per heavy atom. The van der Waals surface area contributed by atoms with Crippen LogP contribution in [-0.4, -0.2) is 149 Å². The molecule has 0 bridgehead atoms. The second-order valence-electron chi connectivity index (χ2n) is 18.0. The van der Waals surface area contributed by atoms with E-state index in [1.807, 2.05) is 6.07 Å². The predicted octanol–water partition coefficient (Wildman–Crippen LogP) is 4.77. The Labute approximate surface area is 335 Å². The molecule has 3 aliphatic carbocycles. The fraction of sp³-hybridized carbons (Fsp3) is 0.667. The van der Waals surface area contributed by atoms with E-state index in [0.29, 0.717) is 25.6 Å². The topological polar surface area (TPSA) is 131 Å². The van der Waals surface area contributed by atoms with Crippen LogP contribution >= 0.6 is 0 Å². The van der Waals surface area contributed by atoms with Gasteiger partial charge in [0, 0.05) is 56.3 Å². The smallest absolute Gasteiger partial charge is 0.320 e. The van der Waals surface area contributed by atoms with Crippen molar-refractivity contribution in [3.63, 3.8) is 0 Å². The number of amides is 4. The molecule has 0 atom stereocenters. The molecular weight excluding hydrogens is 749 g/mol. The Morgan fingerprint density at radius 1 is 0.643 bits per heavy atom.